The van der Waals surface area contributed by atoms with Crippen molar-refractivity contribution in [1.29, 1.82) is 0 Å². The van der Waals surface area contributed by atoms with Crippen LogP contribution in [0.5, 0.6) is 5.75 Å². The predicted octanol–water partition coefficient (Wildman–Crippen LogP) is 3.62. The molecule has 1 fully saturated rings. The van der Waals surface area contributed by atoms with Gasteiger partial charge in [-0.3, -0.25) is 14.9 Å². The highest BCUT2D eigenvalue weighted by Crippen LogP contribution is 2.27. The highest BCUT2D eigenvalue weighted by molar-refractivity contribution is 9.10. The third-order valence-electron chi connectivity index (χ3n) is 4.61. The van der Waals surface area contributed by atoms with Crippen LogP contribution in [0.15, 0.2) is 59.1 Å². The first-order chi connectivity index (χ1) is 15.2. The molecule has 0 unspecified atom stereocenters. The summed E-state index contributed by atoms with van der Waals surface area (Å²) in [4.78, 5) is 49.5. The minimum atomic E-state index is -1.11. The summed E-state index contributed by atoms with van der Waals surface area (Å²) < 4.78 is 6.09. The normalized spacial score (nSPS) is 15.0. The number of carboxylic acid groups (broad SMARTS) is 1. The Morgan fingerprint density at radius 3 is 2.62 bits per heavy atom. The molecular formula is C23H19BrN2O6. The number of amides is 4. The monoisotopic (exact) mass is 498 g/mol. The van der Waals surface area contributed by atoms with Crippen LogP contribution in [0.2, 0.25) is 0 Å². The first-order valence-electron chi connectivity index (χ1n) is 9.47. The molecule has 1 heterocycles. The fourth-order valence-electron chi connectivity index (χ4n) is 3.11. The second-order valence-corrected chi connectivity index (χ2v) is 7.79. The zero-order valence-electron chi connectivity index (χ0n) is 17.1. The average molecular weight is 499 g/mol. The number of carbonyl (C=O) groups excluding carboxylic acids is 3. The third-order valence-corrected chi connectivity index (χ3v) is 5.50. The lowest BCUT2D eigenvalue weighted by Gasteiger charge is -2.26. The minimum Gasteiger partial charge on any atom is -0.482 e. The van der Waals surface area contributed by atoms with Gasteiger partial charge in [-0.05, 0) is 66.4 Å². The van der Waals surface area contributed by atoms with Gasteiger partial charge < -0.3 is 9.84 Å². The number of imide groups is 2. The summed E-state index contributed by atoms with van der Waals surface area (Å²) in [5.74, 6) is -2.31. The molecule has 0 saturated carbocycles. The van der Waals surface area contributed by atoms with E-state index in [-0.39, 0.29) is 5.57 Å². The second-order valence-electron chi connectivity index (χ2n) is 6.93. The van der Waals surface area contributed by atoms with Crippen LogP contribution in [0.3, 0.4) is 0 Å². The van der Waals surface area contributed by atoms with Crippen LogP contribution >= 0.6 is 15.9 Å². The molecule has 164 valence electrons. The van der Waals surface area contributed by atoms with Crippen LogP contribution in [0.4, 0.5) is 10.5 Å². The largest absolute Gasteiger partial charge is 0.482 e. The van der Waals surface area contributed by atoms with Gasteiger partial charge in [0.15, 0.2) is 6.61 Å². The zero-order valence-corrected chi connectivity index (χ0v) is 18.6. The van der Waals surface area contributed by atoms with Crippen molar-refractivity contribution in [3.8, 4) is 5.75 Å². The molecule has 0 atom stereocenters. The number of urea groups is 1. The van der Waals surface area contributed by atoms with Gasteiger partial charge >= 0.3 is 12.0 Å². The highest BCUT2D eigenvalue weighted by Gasteiger charge is 2.36. The van der Waals surface area contributed by atoms with E-state index < -0.39 is 30.4 Å². The number of benzene rings is 2. The number of rotatable bonds is 7. The molecule has 32 heavy (non-hydrogen) atoms. The number of ether oxygens (including phenoxy) is 1. The van der Waals surface area contributed by atoms with Gasteiger partial charge in [0.05, 0.1) is 5.69 Å². The Morgan fingerprint density at radius 1 is 1.22 bits per heavy atom. The molecule has 4 amide bonds. The first kappa shape index (κ1) is 23.0. The van der Waals surface area contributed by atoms with Crippen LogP contribution in [0.25, 0.3) is 6.08 Å². The topological polar surface area (TPSA) is 113 Å². The lowest BCUT2D eigenvalue weighted by atomic mass is 10.0. The van der Waals surface area contributed by atoms with Gasteiger partial charge in [-0.25, -0.2) is 14.5 Å². The lowest BCUT2D eigenvalue weighted by Crippen LogP contribution is -2.54. The fraction of sp³-hybridized carbons (Fsp3) is 0.130. The number of aliphatic carboxylic acids is 1. The van der Waals surface area contributed by atoms with Crippen LogP contribution < -0.4 is 15.0 Å². The van der Waals surface area contributed by atoms with E-state index in [9.17, 15) is 19.2 Å². The quantitative estimate of drug-likeness (QED) is 0.342. The van der Waals surface area contributed by atoms with Gasteiger partial charge in [0, 0.05) is 4.47 Å². The predicted molar refractivity (Wildman–Crippen MR) is 121 cm³/mol. The van der Waals surface area contributed by atoms with E-state index in [0.717, 1.165) is 14.9 Å². The van der Waals surface area contributed by atoms with Gasteiger partial charge in [0.1, 0.15) is 11.3 Å². The Bertz CT molecular complexity index is 1170. The van der Waals surface area contributed by atoms with Crippen molar-refractivity contribution in [2.45, 2.75) is 13.3 Å². The molecule has 2 aromatic rings. The van der Waals surface area contributed by atoms with Crippen LogP contribution in [0, 0.1) is 6.92 Å². The summed E-state index contributed by atoms with van der Waals surface area (Å²) >= 11 is 3.37. The van der Waals surface area contributed by atoms with E-state index in [1.165, 1.54) is 6.08 Å². The molecule has 9 heteroatoms. The lowest BCUT2D eigenvalue weighted by molar-refractivity contribution is -0.139. The van der Waals surface area contributed by atoms with E-state index in [4.69, 9.17) is 9.84 Å². The Kier molecular flexibility index (Phi) is 6.89. The molecule has 1 saturated heterocycles. The summed E-state index contributed by atoms with van der Waals surface area (Å²) in [6.07, 6.45) is 3.37. The molecular weight excluding hydrogens is 480 g/mol. The number of nitrogens with zero attached hydrogens (tertiary/aromatic N) is 1. The number of nitrogens with one attached hydrogen (secondary N) is 1. The molecule has 2 N–H and O–H groups in total. The third kappa shape index (κ3) is 4.94. The molecule has 8 nitrogen and oxygen atoms in total. The van der Waals surface area contributed by atoms with E-state index in [2.05, 4.69) is 27.8 Å². The number of allylic oxidation sites excluding steroid dienone is 1. The zero-order chi connectivity index (χ0) is 23.4. The Morgan fingerprint density at radius 2 is 1.97 bits per heavy atom. The summed E-state index contributed by atoms with van der Waals surface area (Å²) in [7, 11) is 0. The number of aryl methyl sites for hydroxylation is 1. The fourth-order valence-corrected chi connectivity index (χ4v) is 3.36. The Balaban J connectivity index is 1.97. The smallest absolute Gasteiger partial charge is 0.341 e. The van der Waals surface area contributed by atoms with Gasteiger partial charge in [-0.2, -0.15) is 0 Å². The summed E-state index contributed by atoms with van der Waals surface area (Å²) in [5.41, 5.74) is 2.07. The second kappa shape index (κ2) is 9.61. The minimum absolute atomic E-state index is 0.214. The van der Waals surface area contributed by atoms with Gasteiger partial charge in [0.25, 0.3) is 11.8 Å². The molecule has 0 aromatic heterocycles. The van der Waals surface area contributed by atoms with Gasteiger partial charge in [0.2, 0.25) is 0 Å². The van der Waals surface area contributed by atoms with Crippen LogP contribution in [-0.4, -0.2) is 35.5 Å². The maximum absolute atomic E-state index is 13.1. The Labute approximate surface area is 192 Å². The van der Waals surface area contributed by atoms with Crippen LogP contribution in [0.1, 0.15) is 16.7 Å². The molecule has 1 aliphatic heterocycles. The van der Waals surface area contributed by atoms with E-state index in [0.29, 0.717) is 29.0 Å². The summed E-state index contributed by atoms with van der Waals surface area (Å²) in [6.45, 7) is 4.99. The number of hydrogen-bond donors (Lipinski definition) is 2. The van der Waals surface area contributed by atoms with Crippen molar-refractivity contribution in [2.75, 3.05) is 11.5 Å². The standard InChI is InChI=1S/C23H19BrN2O6/c1-3-4-15-10-14(5-8-19(15)32-12-20(27)28)11-17-21(29)25-23(31)26(22(17)30)16-6-7-18(24)13(2)9-16/h3,5-11H,1,4,12H2,2H3,(H,27,28)(H,25,29,31)/b17-11+. The molecule has 0 spiro atoms. The van der Waals surface area contributed by atoms with Crippen molar-refractivity contribution < 1.29 is 29.0 Å². The maximum Gasteiger partial charge on any atom is 0.341 e. The SMILES string of the molecule is C=CCc1cc(/C=C2\C(=O)NC(=O)N(c3ccc(Br)c(C)c3)C2=O)ccc1OCC(=O)O. The number of halogens is 1. The molecule has 0 bridgehead atoms. The first-order valence-corrected chi connectivity index (χ1v) is 10.3. The molecule has 3 rings (SSSR count). The number of carbonyl (C=O) groups is 4. The number of anilines is 1. The molecule has 0 radical (unpaired) electrons. The van der Waals surface area contributed by atoms with Gasteiger partial charge in [-0.1, -0.05) is 28.1 Å². The van der Waals surface area contributed by atoms with E-state index in [1.54, 1.807) is 42.5 Å². The van der Waals surface area contributed by atoms with Crippen molar-refractivity contribution >= 4 is 51.5 Å². The average Bonchev–Trinajstić information content (AvgIpc) is 2.73. The van der Waals surface area contributed by atoms with Crippen molar-refractivity contribution in [1.82, 2.24) is 5.32 Å². The molecule has 2 aromatic carbocycles. The number of carboxylic acids is 1. The molecule has 0 aliphatic carbocycles. The summed E-state index contributed by atoms with van der Waals surface area (Å²) in [6, 6.07) is 8.94. The van der Waals surface area contributed by atoms with E-state index >= 15 is 0 Å². The van der Waals surface area contributed by atoms with Gasteiger partial charge in [-0.15, -0.1) is 6.58 Å². The maximum atomic E-state index is 13.1. The summed E-state index contributed by atoms with van der Waals surface area (Å²) in [5, 5.41) is 11.0. The highest BCUT2D eigenvalue weighted by atomic mass is 79.9. The van der Waals surface area contributed by atoms with Crippen LogP contribution in [-0.2, 0) is 20.8 Å². The number of hydrogen-bond acceptors (Lipinski definition) is 5. The van der Waals surface area contributed by atoms with Crippen molar-refractivity contribution in [3.63, 3.8) is 0 Å². The molecule has 1 aliphatic rings. The van der Waals surface area contributed by atoms with Crippen molar-refractivity contribution in [3.05, 3.63) is 75.8 Å². The Hall–Kier alpha value is -3.72. The van der Waals surface area contributed by atoms with Crippen molar-refractivity contribution in [2.24, 2.45) is 0 Å². The van der Waals surface area contributed by atoms with E-state index in [1.807, 2.05) is 6.92 Å². The number of barbiturate groups is 1.